The molecule has 106 valence electrons. The molecule has 0 aliphatic carbocycles. The highest BCUT2D eigenvalue weighted by Crippen LogP contribution is 2.05. The van der Waals surface area contributed by atoms with Gasteiger partial charge in [-0.2, -0.15) is 0 Å². The Morgan fingerprint density at radius 3 is 2.89 bits per heavy atom. The van der Waals surface area contributed by atoms with Crippen LogP contribution in [0.2, 0.25) is 0 Å². The van der Waals surface area contributed by atoms with E-state index in [4.69, 9.17) is 4.74 Å². The molecule has 1 aromatic rings. The Labute approximate surface area is 114 Å². The van der Waals surface area contributed by atoms with Crippen LogP contribution in [0.1, 0.15) is 36.5 Å². The molecule has 19 heavy (non-hydrogen) atoms. The summed E-state index contributed by atoms with van der Waals surface area (Å²) in [5.41, 5.74) is 0.617. The summed E-state index contributed by atoms with van der Waals surface area (Å²) in [4.78, 5) is 15.9. The molecule has 5 nitrogen and oxygen atoms in total. The Morgan fingerprint density at radius 2 is 2.16 bits per heavy atom. The zero-order valence-electron chi connectivity index (χ0n) is 11.7. The van der Waals surface area contributed by atoms with Crippen molar-refractivity contribution in [2.75, 3.05) is 32.1 Å². The fourth-order valence-electron chi connectivity index (χ4n) is 1.54. The highest BCUT2D eigenvalue weighted by molar-refractivity contribution is 5.94. The minimum atomic E-state index is -0.0764. The fraction of sp³-hybridized carbons (Fsp3) is 0.571. The standard InChI is InChI=1S/C14H23N3O2/c1-3-4-9-19-10-5-7-17-14(18)12-6-8-16-13(11-12)15-2/h6,8,11H,3-5,7,9-10H2,1-2H3,(H,15,16)(H,17,18). The van der Waals surface area contributed by atoms with E-state index in [1.165, 1.54) is 0 Å². The summed E-state index contributed by atoms with van der Waals surface area (Å²) in [5, 5.41) is 5.77. The van der Waals surface area contributed by atoms with Crippen molar-refractivity contribution >= 4 is 11.7 Å². The average molecular weight is 265 g/mol. The predicted octanol–water partition coefficient (Wildman–Crippen LogP) is 2.06. The fourth-order valence-corrected chi connectivity index (χ4v) is 1.54. The largest absolute Gasteiger partial charge is 0.381 e. The number of hydrogen-bond acceptors (Lipinski definition) is 4. The Balaban J connectivity index is 2.20. The summed E-state index contributed by atoms with van der Waals surface area (Å²) in [6.45, 7) is 4.26. The molecule has 0 aromatic carbocycles. The van der Waals surface area contributed by atoms with Crippen molar-refractivity contribution in [1.82, 2.24) is 10.3 Å². The van der Waals surface area contributed by atoms with E-state index in [1.807, 2.05) is 0 Å². The van der Waals surface area contributed by atoms with Gasteiger partial charge in [-0.1, -0.05) is 13.3 Å². The second-order valence-corrected chi connectivity index (χ2v) is 4.26. The van der Waals surface area contributed by atoms with E-state index in [1.54, 1.807) is 25.4 Å². The third-order valence-corrected chi connectivity index (χ3v) is 2.67. The van der Waals surface area contributed by atoms with E-state index < -0.39 is 0 Å². The first-order chi connectivity index (χ1) is 9.27. The van der Waals surface area contributed by atoms with Crippen molar-refractivity contribution in [3.63, 3.8) is 0 Å². The van der Waals surface area contributed by atoms with Crippen molar-refractivity contribution in [3.05, 3.63) is 23.9 Å². The molecular formula is C14H23N3O2. The maximum Gasteiger partial charge on any atom is 0.251 e. The van der Waals surface area contributed by atoms with Gasteiger partial charge in [0.15, 0.2) is 0 Å². The topological polar surface area (TPSA) is 63.2 Å². The molecule has 0 aliphatic heterocycles. The monoisotopic (exact) mass is 265 g/mol. The van der Waals surface area contributed by atoms with Gasteiger partial charge in [-0.15, -0.1) is 0 Å². The smallest absolute Gasteiger partial charge is 0.251 e. The van der Waals surface area contributed by atoms with E-state index in [0.717, 1.165) is 25.9 Å². The van der Waals surface area contributed by atoms with Crippen LogP contribution >= 0.6 is 0 Å². The Hall–Kier alpha value is -1.62. The third-order valence-electron chi connectivity index (χ3n) is 2.67. The number of nitrogens with one attached hydrogen (secondary N) is 2. The first-order valence-corrected chi connectivity index (χ1v) is 6.77. The van der Waals surface area contributed by atoms with E-state index in [-0.39, 0.29) is 5.91 Å². The molecule has 0 aliphatic rings. The Morgan fingerprint density at radius 1 is 1.37 bits per heavy atom. The van der Waals surface area contributed by atoms with Crippen LogP contribution in [0.3, 0.4) is 0 Å². The number of anilines is 1. The molecule has 1 heterocycles. The number of pyridine rings is 1. The number of nitrogens with zero attached hydrogens (tertiary/aromatic N) is 1. The molecule has 0 fully saturated rings. The van der Waals surface area contributed by atoms with Crippen molar-refractivity contribution in [1.29, 1.82) is 0 Å². The lowest BCUT2D eigenvalue weighted by Crippen LogP contribution is -2.25. The van der Waals surface area contributed by atoms with Crippen molar-refractivity contribution in [3.8, 4) is 0 Å². The van der Waals surface area contributed by atoms with Crippen LogP contribution in [0, 0.1) is 0 Å². The molecule has 0 bridgehead atoms. The number of amides is 1. The molecular weight excluding hydrogens is 242 g/mol. The lowest BCUT2D eigenvalue weighted by Gasteiger charge is -2.07. The maximum atomic E-state index is 11.8. The van der Waals surface area contributed by atoms with Crippen LogP contribution in [0.15, 0.2) is 18.3 Å². The van der Waals surface area contributed by atoms with E-state index >= 15 is 0 Å². The lowest BCUT2D eigenvalue weighted by molar-refractivity contribution is 0.0940. The number of carbonyl (C=O) groups excluding carboxylic acids is 1. The minimum Gasteiger partial charge on any atom is -0.381 e. The van der Waals surface area contributed by atoms with Gasteiger partial charge in [-0.25, -0.2) is 4.98 Å². The Kier molecular flexibility index (Phi) is 7.58. The number of rotatable bonds is 9. The molecule has 5 heteroatoms. The summed E-state index contributed by atoms with van der Waals surface area (Å²) >= 11 is 0. The normalized spacial score (nSPS) is 10.2. The molecule has 1 rings (SSSR count). The van der Waals surface area contributed by atoms with Crippen LogP contribution < -0.4 is 10.6 Å². The van der Waals surface area contributed by atoms with Gasteiger partial charge in [0, 0.05) is 38.6 Å². The predicted molar refractivity (Wildman–Crippen MR) is 76.5 cm³/mol. The third kappa shape index (κ3) is 6.20. The second kappa shape index (κ2) is 9.33. The van der Waals surface area contributed by atoms with Crippen molar-refractivity contribution in [2.45, 2.75) is 26.2 Å². The maximum absolute atomic E-state index is 11.8. The van der Waals surface area contributed by atoms with Gasteiger partial charge in [0.1, 0.15) is 5.82 Å². The first-order valence-electron chi connectivity index (χ1n) is 6.77. The number of aromatic nitrogens is 1. The minimum absolute atomic E-state index is 0.0764. The molecule has 0 spiro atoms. The van der Waals surface area contributed by atoms with Gasteiger partial charge in [0.2, 0.25) is 0 Å². The second-order valence-electron chi connectivity index (χ2n) is 4.26. The summed E-state index contributed by atoms with van der Waals surface area (Å²) in [7, 11) is 1.78. The van der Waals surface area contributed by atoms with Gasteiger partial charge in [0.25, 0.3) is 5.91 Å². The molecule has 0 atom stereocenters. The summed E-state index contributed by atoms with van der Waals surface area (Å²) in [6.07, 6.45) is 4.69. The van der Waals surface area contributed by atoms with Gasteiger partial charge >= 0.3 is 0 Å². The van der Waals surface area contributed by atoms with Gasteiger partial charge in [-0.3, -0.25) is 4.79 Å². The zero-order valence-corrected chi connectivity index (χ0v) is 11.7. The van der Waals surface area contributed by atoms with Crippen LogP contribution in [0.4, 0.5) is 5.82 Å². The summed E-state index contributed by atoms with van der Waals surface area (Å²) in [5.74, 6) is 0.614. The molecule has 0 saturated carbocycles. The van der Waals surface area contributed by atoms with Crippen LogP contribution in [0.5, 0.6) is 0 Å². The number of unbranched alkanes of at least 4 members (excludes halogenated alkanes) is 1. The summed E-state index contributed by atoms with van der Waals surface area (Å²) in [6, 6.07) is 3.43. The van der Waals surface area contributed by atoms with Gasteiger partial charge < -0.3 is 15.4 Å². The van der Waals surface area contributed by atoms with E-state index in [2.05, 4.69) is 22.5 Å². The van der Waals surface area contributed by atoms with Crippen molar-refractivity contribution < 1.29 is 9.53 Å². The van der Waals surface area contributed by atoms with Crippen LogP contribution in [-0.4, -0.2) is 37.7 Å². The van der Waals surface area contributed by atoms with Crippen LogP contribution in [0.25, 0.3) is 0 Å². The number of ether oxygens (including phenoxy) is 1. The highest BCUT2D eigenvalue weighted by Gasteiger charge is 2.05. The molecule has 1 aromatic heterocycles. The highest BCUT2D eigenvalue weighted by atomic mass is 16.5. The van der Waals surface area contributed by atoms with E-state index in [0.29, 0.717) is 24.5 Å². The Bertz CT molecular complexity index is 383. The number of hydrogen-bond donors (Lipinski definition) is 2. The first kappa shape index (κ1) is 15.4. The SMILES string of the molecule is CCCCOCCCNC(=O)c1ccnc(NC)c1. The van der Waals surface area contributed by atoms with Gasteiger partial charge in [-0.05, 0) is 25.0 Å². The molecule has 2 N–H and O–H groups in total. The lowest BCUT2D eigenvalue weighted by atomic mass is 10.2. The molecule has 0 saturated heterocycles. The van der Waals surface area contributed by atoms with Gasteiger partial charge in [0.05, 0.1) is 0 Å². The molecule has 0 unspecified atom stereocenters. The quantitative estimate of drug-likeness (QED) is 0.671. The summed E-state index contributed by atoms with van der Waals surface area (Å²) < 4.78 is 5.43. The van der Waals surface area contributed by atoms with Crippen molar-refractivity contribution in [2.24, 2.45) is 0 Å². The average Bonchev–Trinajstić information content (AvgIpc) is 2.46. The van der Waals surface area contributed by atoms with E-state index in [9.17, 15) is 4.79 Å². The molecule has 0 radical (unpaired) electrons. The molecule has 1 amide bonds. The van der Waals surface area contributed by atoms with Crippen LogP contribution in [-0.2, 0) is 4.74 Å². The zero-order chi connectivity index (χ0) is 13.9. The number of carbonyl (C=O) groups is 1.